The van der Waals surface area contributed by atoms with Crippen LogP contribution in [0.2, 0.25) is 0 Å². The number of rotatable bonds is 4. The second kappa shape index (κ2) is 6.30. The van der Waals surface area contributed by atoms with Crippen LogP contribution in [0.15, 0.2) is 63.7 Å². The number of hydrogen-bond donors (Lipinski definition) is 1. The van der Waals surface area contributed by atoms with E-state index in [1.807, 2.05) is 42.5 Å². The van der Waals surface area contributed by atoms with Gasteiger partial charge in [-0.1, -0.05) is 18.2 Å². The number of nitriles is 1. The first-order chi connectivity index (χ1) is 12.7. The molecule has 3 heterocycles. The molecule has 0 bridgehead atoms. The number of benzene rings is 1. The summed E-state index contributed by atoms with van der Waals surface area (Å²) in [7, 11) is 0. The Morgan fingerprint density at radius 2 is 1.96 bits per heavy atom. The Balaban J connectivity index is 1.59. The molecule has 0 spiro atoms. The van der Waals surface area contributed by atoms with Crippen molar-refractivity contribution >= 4 is 16.9 Å². The highest BCUT2D eigenvalue weighted by atomic mass is 16.4. The standard InChI is InChI=1S/C20H15N3O3/c1-13-18(16(11-21)20(25-13)23-8-4-5-9-23)19(24)22-12-15-10-14-6-2-3-7-17(14)26-15/h2-10H,12H2,1H3,(H,22,24). The second-order valence-corrected chi connectivity index (χ2v) is 5.85. The summed E-state index contributed by atoms with van der Waals surface area (Å²) < 4.78 is 13.0. The lowest BCUT2D eigenvalue weighted by Crippen LogP contribution is -2.23. The van der Waals surface area contributed by atoms with Crippen molar-refractivity contribution in [2.45, 2.75) is 13.5 Å². The predicted molar refractivity (Wildman–Crippen MR) is 94.9 cm³/mol. The highest BCUT2D eigenvalue weighted by Crippen LogP contribution is 2.25. The van der Waals surface area contributed by atoms with Crippen LogP contribution in [-0.4, -0.2) is 10.5 Å². The zero-order valence-corrected chi connectivity index (χ0v) is 14.0. The first kappa shape index (κ1) is 15.8. The first-order valence-corrected chi connectivity index (χ1v) is 8.10. The number of para-hydroxylation sites is 1. The summed E-state index contributed by atoms with van der Waals surface area (Å²) in [6, 6.07) is 15.2. The number of amides is 1. The van der Waals surface area contributed by atoms with Crippen LogP contribution in [0, 0.1) is 18.3 Å². The van der Waals surface area contributed by atoms with Crippen molar-refractivity contribution in [3.8, 4) is 12.0 Å². The molecular weight excluding hydrogens is 330 g/mol. The summed E-state index contributed by atoms with van der Waals surface area (Å²) in [6.07, 6.45) is 3.52. The van der Waals surface area contributed by atoms with Gasteiger partial charge in [-0.15, -0.1) is 0 Å². The molecule has 3 aromatic heterocycles. The molecule has 0 atom stereocenters. The molecule has 26 heavy (non-hydrogen) atoms. The number of nitrogens with one attached hydrogen (secondary N) is 1. The average Bonchev–Trinajstić information content (AvgIpc) is 3.36. The maximum Gasteiger partial charge on any atom is 0.256 e. The van der Waals surface area contributed by atoms with Crippen molar-refractivity contribution in [1.82, 2.24) is 9.88 Å². The van der Waals surface area contributed by atoms with Crippen LogP contribution in [-0.2, 0) is 6.54 Å². The third-order valence-electron chi connectivity index (χ3n) is 4.14. The fourth-order valence-electron chi connectivity index (χ4n) is 2.94. The molecule has 0 aliphatic carbocycles. The lowest BCUT2D eigenvalue weighted by atomic mass is 10.1. The molecule has 1 aromatic carbocycles. The quantitative estimate of drug-likeness (QED) is 0.607. The van der Waals surface area contributed by atoms with Crippen LogP contribution in [0.3, 0.4) is 0 Å². The van der Waals surface area contributed by atoms with E-state index in [1.165, 1.54) is 0 Å². The summed E-state index contributed by atoms with van der Waals surface area (Å²) in [4.78, 5) is 12.6. The maximum absolute atomic E-state index is 12.6. The van der Waals surface area contributed by atoms with Gasteiger partial charge in [0.15, 0.2) is 0 Å². The summed E-state index contributed by atoms with van der Waals surface area (Å²) in [6.45, 7) is 1.89. The van der Waals surface area contributed by atoms with Gasteiger partial charge in [0.25, 0.3) is 5.91 Å². The molecule has 0 saturated heterocycles. The van der Waals surface area contributed by atoms with Crippen molar-refractivity contribution in [1.29, 1.82) is 5.26 Å². The van der Waals surface area contributed by atoms with Gasteiger partial charge >= 0.3 is 0 Å². The van der Waals surface area contributed by atoms with Gasteiger partial charge in [-0.2, -0.15) is 5.26 Å². The number of carbonyl (C=O) groups excluding carboxylic acids is 1. The van der Waals surface area contributed by atoms with E-state index in [9.17, 15) is 10.1 Å². The van der Waals surface area contributed by atoms with E-state index < -0.39 is 0 Å². The monoisotopic (exact) mass is 345 g/mol. The van der Waals surface area contributed by atoms with E-state index in [-0.39, 0.29) is 23.6 Å². The van der Waals surface area contributed by atoms with E-state index in [4.69, 9.17) is 8.83 Å². The molecule has 0 unspecified atom stereocenters. The number of aromatic nitrogens is 1. The van der Waals surface area contributed by atoms with E-state index in [0.717, 1.165) is 11.0 Å². The van der Waals surface area contributed by atoms with Gasteiger partial charge < -0.3 is 14.2 Å². The molecule has 128 valence electrons. The van der Waals surface area contributed by atoms with Crippen LogP contribution in [0.4, 0.5) is 0 Å². The third-order valence-corrected chi connectivity index (χ3v) is 4.14. The lowest BCUT2D eigenvalue weighted by Gasteiger charge is -2.02. The SMILES string of the molecule is Cc1oc(-n2cccc2)c(C#N)c1C(=O)NCc1cc2ccccc2o1. The molecule has 1 N–H and O–H groups in total. The Morgan fingerprint density at radius 1 is 1.19 bits per heavy atom. The fraction of sp³-hybridized carbons (Fsp3) is 0.100. The van der Waals surface area contributed by atoms with Crippen molar-refractivity contribution in [3.05, 3.63) is 77.5 Å². The third kappa shape index (κ3) is 2.66. The van der Waals surface area contributed by atoms with Crippen molar-refractivity contribution in [3.63, 3.8) is 0 Å². The van der Waals surface area contributed by atoms with Crippen LogP contribution < -0.4 is 5.32 Å². The minimum Gasteiger partial charge on any atom is -0.459 e. The topological polar surface area (TPSA) is 84.1 Å². The van der Waals surface area contributed by atoms with Gasteiger partial charge in [0.2, 0.25) is 5.88 Å². The van der Waals surface area contributed by atoms with Gasteiger partial charge in [0.1, 0.15) is 34.3 Å². The Morgan fingerprint density at radius 3 is 2.69 bits per heavy atom. The molecule has 0 aliphatic rings. The summed E-state index contributed by atoms with van der Waals surface area (Å²) in [5.74, 6) is 1.00. The summed E-state index contributed by atoms with van der Waals surface area (Å²) in [5, 5.41) is 13.3. The normalized spacial score (nSPS) is 10.8. The van der Waals surface area contributed by atoms with Crippen LogP contribution in [0.25, 0.3) is 16.9 Å². The molecule has 6 nitrogen and oxygen atoms in total. The van der Waals surface area contributed by atoms with E-state index in [0.29, 0.717) is 17.4 Å². The number of carbonyl (C=O) groups is 1. The first-order valence-electron chi connectivity index (χ1n) is 8.10. The summed E-state index contributed by atoms with van der Waals surface area (Å²) >= 11 is 0. The fourth-order valence-corrected chi connectivity index (χ4v) is 2.94. The van der Waals surface area contributed by atoms with E-state index in [1.54, 1.807) is 23.9 Å². The number of aryl methyl sites for hydroxylation is 1. The smallest absolute Gasteiger partial charge is 0.256 e. The molecule has 0 saturated carbocycles. The van der Waals surface area contributed by atoms with Crippen molar-refractivity contribution < 1.29 is 13.6 Å². The van der Waals surface area contributed by atoms with Crippen LogP contribution >= 0.6 is 0 Å². The zero-order valence-electron chi connectivity index (χ0n) is 14.0. The molecule has 0 aliphatic heterocycles. The molecular formula is C20H15N3O3. The number of nitrogens with zero attached hydrogens (tertiary/aromatic N) is 2. The highest BCUT2D eigenvalue weighted by Gasteiger charge is 2.24. The minimum absolute atomic E-state index is 0.209. The largest absolute Gasteiger partial charge is 0.459 e. The Hall–Kier alpha value is -3.72. The molecule has 0 radical (unpaired) electrons. The predicted octanol–water partition coefficient (Wildman–Crippen LogP) is 3.93. The number of furan rings is 2. The highest BCUT2D eigenvalue weighted by molar-refractivity contribution is 5.98. The lowest BCUT2D eigenvalue weighted by molar-refractivity contribution is 0.0946. The van der Waals surface area contributed by atoms with Gasteiger partial charge in [-0.25, -0.2) is 0 Å². The molecule has 0 fully saturated rings. The van der Waals surface area contributed by atoms with Gasteiger partial charge in [-0.05, 0) is 31.2 Å². The molecule has 4 aromatic rings. The molecule has 6 heteroatoms. The van der Waals surface area contributed by atoms with Crippen molar-refractivity contribution in [2.24, 2.45) is 0 Å². The molecule has 4 rings (SSSR count). The molecule has 1 amide bonds. The van der Waals surface area contributed by atoms with Crippen LogP contribution in [0.1, 0.15) is 27.4 Å². The van der Waals surface area contributed by atoms with Crippen molar-refractivity contribution in [2.75, 3.05) is 0 Å². The Bertz CT molecular complexity index is 1090. The number of hydrogen-bond acceptors (Lipinski definition) is 4. The second-order valence-electron chi connectivity index (χ2n) is 5.85. The van der Waals surface area contributed by atoms with Crippen LogP contribution in [0.5, 0.6) is 0 Å². The Labute approximate surface area is 149 Å². The zero-order chi connectivity index (χ0) is 18.1. The number of fused-ring (bicyclic) bond motifs is 1. The average molecular weight is 345 g/mol. The Kier molecular flexibility index (Phi) is 3.82. The van der Waals surface area contributed by atoms with E-state index in [2.05, 4.69) is 11.4 Å². The minimum atomic E-state index is -0.373. The summed E-state index contributed by atoms with van der Waals surface area (Å²) in [5.41, 5.74) is 1.22. The van der Waals surface area contributed by atoms with Gasteiger partial charge in [-0.3, -0.25) is 9.36 Å². The maximum atomic E-state index is 12.6. The van der Waals surface area contributed by atoms with Gasteiger partial charge in [0, 0.05) is 17.8 Å². The van der Waals surface area contributed by atoms with E-state index >= 15 is 0 Å². The van der Waals surface area contributed by atoms with Gasteiger partial charge in [0.05, 0.1) is 6.54 Å².